The highest BCUT2D eigenvalue weighted by molar-refractivity contribution is 5.04. The van der Waals surface area contributed by atoms with E-state index in [1.54, 1.807) is 11.8 Å². The van der Waals surface area contributed by atoms with Crippen LogP contribution in [0.15, 0.2) is 12.3 Å². The van der Waals surface area contributed by atoms with Crippen molar-refractivity contribution in [1.29, 1.82) is 0 Å². The van der Waals surface area contributed by atoms with Crippen molar-refractivity contribution in [3.63, 3.8) is 0 Å². The van der Waals surface area contributed by atoms with E-state index < -0.39 is 0 Å². The lowest BCUT2D eigenvalue weighted by Gasteiger charge is -2.35. The quantitative estimate of drug-likeness (QED) is 0.798. The summed E-state index contributed by atoms with van der Waals surface area (Å²) >= 11 is 0. The maximum atomic E-state index is 6.25. The number of nitrogens with two attached hydrogens (primary N) is 1. The number of ether oxygens (including phenoxy) is 1. The molecule has 1 aromatic heterocycles. The Kier molecular flexibility index (Phi) is 4.50. The van der Waals surface area contributed by atoms with Crippen LogP contribution >= 0.6 is 0 Å². The summed E-state index contributed by atoms with van der Waals surface area (Å²) in [6.07, 6.45) is 4.55. The standard InChI is InChI=1S/C12H23N3O/c1-5-12(6-2,16-4)11(13)9-10-7-8-15(3)14-10/h7-8,11H,5-6,9,13H2,1-4H3. The number of rotatable bonds is 6. The second kappa shape index (κ2) is 5.46. The van der Waals surface area contributed by atoms with Gasteiger partial charge in [-0.2, -0.15) is 5.10 Å². The van der Waals surface area contributed by atoms with Gasteiger partial charge in [-0.05, 0) is 18.9 Å². The van der Waals surface area contributed by atoms with Gasteiger partial charge in [0.1, 0.15) is 0 Å². The first-order chi connectivity index (χ1) is 7.57. The summed E-state index contributed by atoms with van der Waals surface area (Å²) in [5.74, 6) is 0. The van der Waals surface area contributed by atoms with Crippen LogP contribution in [0.4, 0.5) is 0 Å². The summed E-state index contributed by atoms with van der Waals surface area (Å²) in [4.78, 5) is 0. The highest BCUT2D eigenvalue weighted by Gasteiger charge is 2.33. The van der Waals surface area contributed by atoms with Gasteiger partial charge in [0.2, 0.25) is 0 Å². The topological polar surface area (TPSA) is 53.1 Å². The third-order valence-corrected chi connectivity index (χ3v) is 3.48. The molecule has 1 rings (SSSR count). The predicted molar refractivity (Wildman–Crippen MR) is 65.2 cm³/mol. The molecule has 0 saturated heterocycles. The fourth-order valence-electron chi connectivity index (χ4n) is 2.20. The van der Waals surface area contributed by atoms with E-state index in [9.17, 15) is 0 Å². The van der Waals surface area contributed by atoms with Gasteiger partial charge in [-0.1, -0.05) is 13.8 Å². The molecule has 0 aliphatic rings. The van der Waals surface area contributed by atoms with E-state index in [0.29, 0.717) is 0 Å². The van der Waals surface area contributed by atoms with E-state index in [1.807, 2.05) is 19.3 Å². The lowest BCUT2D eigenvalue weighted by atomic mass is 9.86. The molecule has 0 amide bonds. The molecule has 0 spiro atoms. The first kappa shape index (κ1) is 13.2. The highest BCUT2D eigenvalue weighted by atomic mass is 16.5. The largest absolute Gasteiger partial charge is 0.377 e. The molecule has 2 N–H and O–H groups in total. The van der Waals surface area contributed by atoms with Crippen LogP contribution in [0, 0.1) is 0 Å². The summed E-state index contributed by atoms with van der Waals surface area (Å²) in [7, 11) is 3.66. The molecule has 1 unspecified atom stereocenters. The smallest absolute Gasteiger partial charge is 0.0827 e. The second-order valence-electron chi connectivity index (χ2n) is 4.27. The van der Waals surface area contributed by atoms with Gasteiger partial charge in [0.05, 0.1) is 11.3 Å². The van der Waals surface area contributed by atoms with Crippen molar-refractivity contribution in [3.8, 4) is 0 Å². The molecule has 4 nitrogen and oxygen atoms in total. The van der Waals surface area contributed by atoms with Crippen molar-refractivity contribution in [2.24, 2.45) is 12.8 Å². The Morgan fingerprint density at radius 1 is 1.50 bits per heavy atom. The van der Waals surface area contributed by atoms with Crippen LogP contribution in [-0.4, -0.2) is 28.5 Å². The van der Waals surface area contributed by atoms with E-state index in [0.717, 1.165) is 25.0 Å². The van der Waals surface area contributed by atoms with Crippen LogP contribution in [0.5, 0.6) is 0 Å². The Hall–Kier alpha value is -0.870. The Bertz CT molecular complexity index is 310. The predicted octanol–water partition coefficient (Wildman–Crippen LogP) is 1.50. The molecular formula is C12H23N3O. The number of aryl methyl sites for hydroxylation is 1. The molecule has 1 atom stereocenters. The zero-order valence-corrected chi connectivity index (χ0v) is 10.7. The zero-order valence-electron chi connectivity index (χ0n) is 10.7. The van der Waals surface area contributed by atoms with Gasteiger partial charge in [0.25, 0.3) is 0 Å². The normalized spacial score (nSPS) is 14.1. The van der Waals surface area contributed by atoms with E-state index in [4.69, 9.17) is 10.5 Å². The first-order valence-corrected chi connectivity index (χ1v) is 5.87. The number of hydrogen-bond donors (Lipinski definition) is 1. The van der Waals surface area contributed by atoms with Gasteiger partial charge >= 0.3 is 0 Å². The molecule has 0 aliphatic carbocycles. The number of methoxy groups -OCH3 is 1. The van der Waals surface area contributed by atoms with E-state index in [1.165, 1.54) is 0 Å². The Labute approximate surface area is 97.8 Å². The van der Waals surface area contributed by atoms with Crippen LogP contribution in [-0.2, 0) is 18.2 Å². The lowest BCUT2D eigenvalue weighted by Crippen LogP contribution is -2.50. The molecule has 0 aliphatic heterocycles. The van der Waals surface area contributed by atoms with Crippen LogP contribution in [0.2, 0.25) is 0 Å². The molecule has 0 saturated carbocycles. The lowest BCUT2D eigenvalue weighted by molar-refractivity contribution is -0.0376. The van der Waals surface area contributed by atoms with E-state index in [2.05, 4.69) is 18.9 Å². The van der Waals surface area contributed by atoms with Gasteiger partial charge < -0.3 is 10.5 Å². The van der Waals surface area contributed by atoms with Crippen LogP contribution in [0.3, 0.4) is 0 Å². The molecule has 92 valence electrons. The van der Waals surface area contributed by atoms with Gasteiger partial charge in [-0.25, -0.2) is 0 Å². The molecule has 0 radical (unpaired) electrons. The highest BCUT2D eigenvalue weighted by Crippen LogP contribution is 2.24. The minimum Gasteiger partial charge on any atom is -0.377 e. The summed E-state index contributed by atoms with van der Waals surface area (Å²) in [5.41, 5.74) is 7.05. The monoisotopic (exact) mass is 225 g/mol. The van der Waals surface area contributed by atoms with Crippen molar-refractivity contribution in [1.82, 2.24) is 9.78 Å². The number of aromatic nitrogens is 2. The molecule has 1 aromatic rings. The maximum Gasteiger partial charge on any atom is 0.0827 e. The molecule has 1 heterocycles. The fraction of sp³-hybridized carbons (Fsp3) is 0.750. The zero-order chi connectivity index (χ0) is 12.2. The minimum atomic E-state index is -0.225. The summed E-state index contributed by atoms with van der Waals surface area (Å²) in [6.45, 7) is 4.23. The third-order valence-electron chi connectivity index (χ3n) is 3.48. The van der Waals surface area contributed by atoms with Crippen molar-refractivity contribution in [2.45, 2.75) is 44.8 Å². The molecule has 0 fully saturated rings. The molecular weight excluding hydrogens is 202 g/mol. The Morgan fingerprint density at radius 3 is 2.50 bits per heavy atom. The number of hydrogen-bond acceptors (Lipinski definition) is 3. The second-order valence-corrected chi connectivity index (χ2v) is 4.27. The SMILES string of the molecule is CCC(CC)(OC)C(N)Cc1ccn(C)n1. The van der Waals surface area contributed by atoms with Crippen LogP contribution in [0.1, 0.15) is 32.4 Å². The summed E-state index contributed by atoms with van der Waals surface area (Å²) in [6, 6.07) is 1.99. The van der Waals surface area contributed by atoms with Crippen molar-refractivity contribution < 1.29 is 4.74 Å². The minimum absolute atomic E-state index is 0.0117. The molecule has 4 heteroatoms. The average molecular weight is 225 g/mol. The number of nitrogens with zero attached hydrogens (tertiary/aromatic N) is 2. The Morgan fingerprint density at radius 2 is 2.12 bits per heavy atom. The van der Waals surface area contributed by atoms with Crippen molar-refractivity contribution in [2.75, 3.05) is 7.11 Å². The van der Waals surface area contributed by atoms with Gasteiger partial charge in [-0.3, -0.25) is 4.68 Å². The van der Waals surface area contributed by atoms with E-state index >= 15 is 0 Å². The van der Waals surface area contributed by atoms with Crippen molar-refractivity contribution >= 4 is 0 Å². The fourth-order valence-corrected chi connectivity index (χ4v) is 2.20. The summed E-state index contributed by atoms with van der Waals surface area (Å²) < 4.78 is 7.42. The molecule has 16 heavy (non-hydrogen) atoms. The Balaban J connectivity index is 2.72. The van der Waals surface area contributed by atoms with Gasteiger partial charge in [0, 0.05) is 32.8 Å². The van der Waals surface area contributed by atoms with Gasteiger partial charge in [0.15, 0.2) is 0 Å². The molecule has 0 bridgehead atoms. The van der Waals surface area contributed by atoms with Crippen molar-refractivity contribution in [3.05, 3.63) is 18.0 Å². The van der Waals surface area contributed by atoms with Crippen LogP contribution in [0.25, 0.3) is 0 Å². The summed E-state index contributed by atoms with van der Waals surface area (Å²) in [5, 5.41) is 4.35. The third kappa shape index (κ3) is 2.62. The maximum absolute atomic E-state index is 6.25. The van der Waals surface area contributed by atoms with Gasteiger partial charge in [-0.15, -0.1) is 0 Å². The first-order valence-electron chi connectivity index (χ1n) is 5.87. The van der Waals surface area contributed by atoms with Crippen LogP contribution < -0.4 is 5.73 Å². The average Bonchev–Trinajstić information content (AvgIpc) is 2.67. The molecule has 0 aromatic carbocycles. The van der Waals surface area contributed by atoms with E-state index in [-0.39, 0.29) is 11.6 Å².